The second kappa shape index (κ2) is 11.9. The summed E-state index contributed by atoms with van der Waals surface area (Å²) in [5.74, 6) is 0.632. The monoisotopic (exact) mass is 546 g/mol. The smallest absolute Gasteiger partial charge is 0.194 e. The summed E-state index contributed by atoms with van der Waals surface area (Å²) in [7, 11) is 0. The number of aryl methyl sites for hydroxylation is 3. The highest BCUT2D eigenvalue weighted by Gasteiger charge is 2.23. The third kappa shape index (κ3) is 5.16. The van der Waals surface area contributed by atoms with Gasteiger partial charge in [-0.05, 0) is 74.2 Å². The third-order valence-corrected chi connectivity index (χ3v) is 8.79. The van der Waals surface area contributed by atoms with Crippen LogP contribution in [0.15, 0.2) is 65.8 Å². The van der Waals surface area contributed by atoms with Gasteiger partial charge in [0.05, 0.1) is 11.2 Å². The number of nitrogens with zero attached hydrogens (tertiary/aromatic N) is 2. The zero-order valence-electron chi connectivity index (χ0n) is 25.3. The molecule has 0 spiro atoms. The third-order valence-electron chi connectivity index (χ3n) is 8.79. The van der Waals surface area contributed by atoms with Crippen molar-refractivity contribution >= 4 is 44.1 Å². The summed E-state index contributed by atoms with van der Waals surface area (Å²) >= 11 is 0. The van der Waals surface area contributed by atoms with Gasteiger partial charge in [0, 0.05) is 44.9 Å². The van der Waals surface area contributed by atoms with Crippen LogP contribution in [0.1, 0.15) is 91.1 Å². The van der Waals surface area contributed by atoms with Crippen LogP contribution < -0.4 is 0 Å². The quantitative estimate of drug-likeness (QED) is 0.0820. The molecule has 1 unspecified atom stereocenters. The molecule has 0 amide bonds. The van der Waals surface area contributed by atoms with Crippen LogP contribution in [0, 0.1) is 26.7 Å². The lowest BCUT2D eigenvalue weighted by Gasteiger charge is -2.19. The van der Waals surface area contributed by atoms with Gasteiger partial charge >= 0.3 is 0 Å². The summed E-state index contributed by atoms with van der Waals surface area (Å²) in [6.07, 6.45) is 5.37. The van der Waals surface area contributed by atoms with Crippen LogP contribution in [-0.4, -0.2) is 21.3 Å². The molecule has 0 bridgehead atoms. The summed E-state index contributed by atoms with van der Waals surface area (Å²) in [5, 5.41) is 17.5. The second-order valence-electron chi connectivity index (χ2n) is 11.6. The highest BCUT2D eigenvalue weighted by Crippen LogP contribution is 2.39. The minimum Gasteiger partial charge on any atom is -0.411 e. The van der Waals surface area contributed by atoms with E-state index in [1.807, 2.05) is 26.8 Å². The lowest BCUT2D eigenvalue weighted by Crippen LogP contribution is -2.11. The number of fused-ring (bicyclic) bond motifs is 5. The van der Waals surface area contributed by atoms with Crippen molar-refractivity contribution in [1.82, 2.24) is 4.57 Å². The van der Waals surface area contributed by atoms with Crippen LogP contribution in [0.25, 0.3) is 32.6 Å². The van der Waals surface area contributed by atoms with E-state index in [0.717, 1.165) is 67.8 Å². The molecule has 1 heterocycles. The van der Waals surface area contributed by atoms with E-state index in [9.17, 15) is 10.0 Å². The number of unbranched alkanes of at least 4 members (excludes halogenated alkanes) is 1. The Hall–Kier alpha value is -3.92. The molecule has 0 aliphatic rings. The van der Waals surface area contributed by atoms with Crippen LogP contribution in [0.5, 0.6) is 0 Å². The van der Waals surface area contributed by atoms with Gasteiger partial charge in [-0.2, -0.15) is 0 Å². The average molecular weight is 547 g/mol. The predicted octanol–water partition coefficient (Wildman–Crippen LogP) is 9.91. The van der Waals surface area contributed by atoms with E-state index in [2.05, 4.69) is 85.1 Å². The Morgan fingerprint density at radius 1 is 0.878 bits per heavy atom. The molecule has 0 radical (unpaired) electrons. The van der Waals surface area contributed by atoms with E-state index >= 15 is 0 Å². The molecule has 0 saturated carbocycles. The van der Waals surface area contributed by atoms with Crippen molar-refractivity contribution < 1.29 is 10.0 Å². The van der Waals surface area contributed by atoms with Crippen molar-refractivity contribution in [3.63, 3.8) is 0 Å². The number of rotatable bonds is 10. The summed E-state index contributed by atoms with van der Waals surface area (Å²) in [5.41, 5.74) is 8.60. The number of aromatic nitrogens is 1. The lowest BCUT2D eigenvalue weighted by molar-refractivity contribution is 0.103. The molecular formula is C37H42N2O2. The Morgan fingerprint density at radius 3 is 2.22 bits per heavy atom. The van der Waals surface area contributed by atoms with Crippen LogP contribution in [0.2, 0.25) is 0 Å². The maximum absolute atomic E-state index is 14.4. The second-order valence-corrected chi connectivity index (χ2v) is 11.6. The fraction of sp³-hybridized carbons (Fsp3) is 0.351. The number of benzene rings is 4. The first-order valence-corrected chi connectivity index (χ1v) is 15.1. The van der Waals surface area contributed by atoms with Gasteiger partial charge in [0.1, 0.15) is 0 Å². The summed E-state index contributed by atoms with van der Waals surface area (Å²) in [4.78, 5) is 14.4. The fourth-order valence-corrected chi connectivity index (χ4v) is 6.70. The first kappa shape index (κ1) is 28.6. The zero-order valence-corrected chi connectivity index (χ0v) is 25.3. The maximum Gasteiger partial charge on any atom is 0.194 e. The summed E-state index contributed by atoms with van der Waals surface area (Å²) in [6, 6.07) is 21.1. The number of hydrogen-bond donors (Lipinski definition) is 1. The van der Waals surface area contributed by atoms with E-state index in [-0.39, 0.29) is 5.78 Å². The van der Waals surface area contributed by atoms with E-state index in [1.165, 1.54) is 30.3 Å². The molecule has 1 atom stereocenters. The molecule has 4 heteroatoms. The SMILES string of the molecule is CCCCC(CC)Cn1c2ccc(C(CC)=NO)cc2c2cc(C(=O)c3c(C)cc(C)cc3C)c3ccccc3c21. The molecule has 0 aliphatic carbocycles. The van der Waals surface area contributed by atoms with Crippen molar-refractivity contribution in [3.05, 3.63) is 94.0 Å². The van der Waals surface area contributed by atoms with Crippen LogP contribution >= 0.6 is 0 Å². The van der Waals surface area contributed by atoms with Crippen molar-refractivity contribution in [2.75, 3.05) is 0 Å². The standard InChI is InChI=1S/C37H42N2O2/c1-7-10-13-26(8-2)22-39-34-17-16-27(33(9-3)38-41)20-30(34)31-21-32(28-14-11-12-15-29(28)36(31)39)37(40)35-24(5)18-23(4)19-25(35)6/h11-12,14-21,26,41H,7-10,13,22H2,1-6H3. The summed E-state index contributed by atoms with van der Waals surface area (Å²) < 4.78 is 2.49. The van der Waals surface area contributed by atoms with Crippen LogP contribution in [0.3, 0.4) is 0 Å². The Kier molecular flexibility index (Phi) is 8.30. The van der Waals surface area contributed by atoms with E-state index in [0.29, 0.717) is 18.1 Å². The molecule has 4 nitrogen and oxygen atoms in total. The molecule has 1 N–H and O–H groups in total. The van der Waals surface area contributed by atoms with Gasteiger partial charge in [0.15, 0.2) is 5.78 Å². The normalized spacial score (nSPS) is 13.0. The lowest BCUT2D eigenvalue weighted by atomic mass is 9.89. The van der Waals surface area contributed by atoms with E-state index in [1.54, 1.807) is 0 Å². The number of carbonyl (C=O) groups is 1. The zero-order chi connectivity index (χ0) is 29.3. The van der Waals surface area contributed by atoms with E-state index in [4.69, 9.17) is 0 Å². The molecule has 0 aliphatic heterocycles. The van der Waals surface area contributed by atoms with Gasteiger partial charge in [0.2, 0.25) is 0 Å². The molecule has 41 heavy (non-hydrogen) atoms. The molecule has 1 aromatic heterocycles. The van der Waals surface area contributed by atoms with Gasteiger partial charge < -0.3 is 9.77 Å². The van der Waals surface area contributed by atoms with Crippen molar-refractivity contribution in [2.24, 2.45) is 11.1 Å². The predicted molar refractivity (Wildman–Crippen MR) is 173 cm³/mol. The highest BCUT2D eigenvalue weighted by atomic mass is 16.4. The Balaban J connectivity index is 1.86. The molecule has 212 valence electrons. The highest BCUT2D eigenvalue weighted by molar-refractivity contribution is 6.26. The van der Waals surface area contributed by atoms with Crippen molar-refractivity contribution in [2.45, 2.75) is 80.2 Å². The van der Waals surface area contributed by atoms with Gasteiger partial charge in [0.25, 0.3) is 0 Å². The summed E-state index contributed by atoms with van der Waals surface area (Å²) in [6.45, 7) is 13.6. The first-order valence-electron chi connectivity index (χ1n) is 15.1. The van der Waals surface area contributed by atoms with Crippen molar-refractivity contribution in [1.29, 1.82) is 0 Å². The molecule has 4 aromatic carbocycles. The average Bonchev–Trinajstić information content (AvgIpc) is 3.27. The maximum atomic E-state index is 14.4. The topological polar surface area (TPSA) is 54.6 Å². The fourth-order valence-electron chi connectivity index (χ4n) is 6.70. The Bertz CT molecular complexity index is 1770. The number of carbonyl (C=O) groups excluding carboxylic acids is 1. The number of ketones is 1. The van der Waals surface area contributed by atoms with Crippen molar-refractivity contribution in [3.8, 4) is 0 Å². The number of hydrogen-bond acceptors (Lipinski definition) is 3. The molecule has 5 aromatic rings. The van der Waals surface area contributed by atoms with Gasteiger partial charge in [-0.3, -0.25) is 4.79 Å². The van der Waals surface area contributed by atoms with Crippen LogP contribution in [0.4, 0.5) is 0 Å². The van der Waals surface area contributed by atoms with Crippen LogP contribution in [-0.2, 0) is 6.54 Å². The molecular weight excluding hydrogens is 504 g/mol. The van der Waals surface area contributed by atoms with E-state index < -0.39 is 0 Å². The number of oxime groups is 1. The molecule has 0 fully saturated rings. The largest absolute Gasteiger partial charge is 0.411 e. The first-order chi connectivity index (χ1) is 19.8. The Labute approximate surface area is 243 Å². The Morgan fingerprint density at radius 2 is 1.59 bits per heavy atom. The minimum absolute atomic E-state index is 0.0655. The minimum atomic E-state index is 0.0655. The molecule has 0 saturated heterocycles. The van der Waals surface area contributed by atoms with Gasteiger partial charge in [-0.25, -0.2) is 0 Å². The molecule has 5 rings (SSSR count). The van der Waals surface area contributed by atoms with Gasteiger partial charge in [-0.15, -0.1) is 0 Å². The van der Waals surface area contributed by atoms with Gasteiger partial charge in [-0.1, -0.05) is 93.2 Å².